The van der Waals surface area contributed by atoms with Crippen LogP contribution in [-0.4, -0.2) is 14.9 Å². The second-order valence-corrected chi connectivity index (χ2v) is 3.48. The normalized spacial score (nSPS) is 14.8. The molecule has 1 aromatic heterocycles. The summed E-state index contributed by atoms with van der Waals surface area (Å²) in [5.41, 5.74) is -0.306. The number of aromatic nitrogens is 2. The number of nitrogens with one attached hydrogen (secondary N) is 1. The molecule has 0 aromatic carbocycles. The van der Waals surface area contributed by atoms with E-state index in [1.807, 2.05) is 13.8 Å². The van der Waals surface area contributed by atoms with E-state index in [0.29, 0.717) is 0 Å². The fourth-order valence-corrected chi connectivity index (χ4v) is 1.25. The third-order valence-electron chi connectivity index (χ3n) is 1.77. The summed E-state index contributed by atoms with van der Waals surface area (Å²) in [5.74, 6) is 2.69. The molecule has 0 bridgehead atoms. The first kappa shape index (κ1) is 9.01. The highest BCUT2D eigenvalue weighted by Crippen LogP contribution is 2.17. The Morgan fingerprint density at radius 1 is 1.83 bits per heavy atom. The van der Waals surface area contributed by atoms with Gasteiger partial charge in [-0.25, -0.2) is 4.98 Å². The van der Waals surface area contributed by atoms with Crippen molar-refractivity contribution in [1.82, 2.24) is 9.36 Å². The molecule has 0 fully saturated rings. The summed E-state index contributed by atoms with van der Waals surface area (Å²) in [5, 5.41) is 3.92. The Hall–Kier alpha value is -1.08. The Morgan fingerprint density at radius 2 is 2.58 bits per heavy atom. The fourth-order valence-electron chi connectivity index (χ4n) is 0.691. The summed E-state index contributed by atoms with van der Waals surface area (Å²) in [4.78, 5) is 4.00. The van der Waals surface area contributed by atoms with Crippen molar-refractivity contribution in [1.29, 1.82) is 0 Å². The molecule has 1 atom stereocenters. The van der Waals surface area contributed by atoms with Gasteiger partial charge in [-0.2, -0.15) is 4.37 Å². The number of anilines is 1. The van der Waals surface area contributed by atoms with Gasteiger partial charge in [0, 0.05) is 11.5 Å². The highest BCUT2D eigenvalue weighted by molar-refractivity contribution is 7.09. The molecule has 0 spiro atoms. The van der Waals surface area contributed by atoms with Crippen LogP contribution < -0.4 is 5.32 Å². The van der Waals surface area contributed by atoms with Gasteiger partial charge in [-0.3, -0.25) is 0 Å². The number of hydrogen-bond acceptors (Lipinski definition) is 4. The molecule has 1 unspecified atom stereocenters. The van der Waals surface area contributed by atoms with Gasteiger partial charge in [-0.05, 0) is 13.3 Å². The Bertz CT molecular complexity index is 275. The zero-order valence-electron chi connectivity index (χ0n) is 7.16. The lowest BCUT2D eigenvalue weighted by molar-refractivity contribution is 0.634. The summed E-state index contributed by atoms with van der Waals surface area (Å²) in [6.07, 6.45) is 7.76. The van der Waals surface area contributed by atoms with Crippen LogP contribution >= 0.6 is 11.5 Å². The van der Waals surface area contributed by atoms with Crippen LogP contribution in [0, 0.1) is 12.3 Å². The van der Waals surface area contributed by atoms with E-state index in [1.165, 1.54) is 17.9 Å². The van der Waals surface area contributed by atoms with Gasteiger partial charge in [0.2, 0.25) is 5.13 Å². The molecular weight excluding hydrogens is 170 g/mol. The number of hydrogen-bond donors (Lipinski definition) is 1. The Balaban J connectivity index is 2.68. The van der Waals surface area contributed by atoms with Crippen LogP contribution in [0.4, 0.5) is 5.13 Å². The molecule has 0 saturated heterocycles. The van der Waals surface area contributed by atoms with E-state index >= 15 is 0 Å². The summed E-state index contributed by atoms with van der Waals surface area (Å²) in [7, 11) is 0. The number of rotatable bonds is 3. The second-order valence-electron chi connectivity index (χ2n) is 2.70. The van der Waals surface area contributed by atoms with Gasteiger partial charge in [-0.1, -0.05) is 12.8 Å². The predicted molar refractivity (Wildman–Crippen MR) is 51.1 cm³/mol. The number of terminal acetylenes is 1. The number of nitrogens with zero attached hydrogens (tertiary/aromatic N) is 2. The lowest BCUT2D eigenvalue weighted by atomic mass is 10.0. The molecule has 1 N–H and O–H groups in total. The minimum atomic E-state index is -0.306. The van der Waals surface area contributed by atoms with E-state index in [2.05, 4.69) is 20.6 Å². The standard InChI is InChI=1S/C8H11N3S/c1-4-8(3,5-2)11-7-9-6-10-12-7/h1,6H,5H2,2-3H3,(H,9,10,11). The molecule has 0 aliphatic carbocycles. The van der Waals surface area contributed by atoms with E-state index in [0.717, 1.165) is 11.6 Å². The van der Waals surface area contributed by atoms with Gasteiger partial charge in [0.15, 0.2) is 0 Å². The van der Waals surface area contributed by atoms with Crippen LogP contribution in [0.1, 0.15) is 20.3 Å². The molecule has 64 valence electrons. The van der Waals surface area contributed by atoms with Gasteiger partial charge in [0.05, 0.1) is 5.54 Å². The van der Waals surface area contributed by atoms with Gasteiger partial charge >= 0.3 is 0 Å². The van der Waals surface area contributed by atoms with Crippen molar-refractivity contribution in [2.24, 2.45) is 0 Å². The maximum absolute atomic E-state index is 5.38. The SMILES string of the molecule is C#CC(C)(CC)Nc1ncns1. The van der Waals surface area contributed by atoms with Crippen molar-refractivity contribution < 1.29 is 0 Å². The first-order valence-corrected chi connectivity index (χ1v) is 4.50. The monoisotopic (exact) mass is 181 g/mol. The summed E-state index contributed by atoms with van der Waals surface area (Å²) < 4.78 is 3.87. The topological polar surface area (TPSA) is 37.8 Å². The molecule has 0 aliphatic heterocycles. The zero-order chi connectivity index (χ0) is 9.03. The van der Waals surface area contributed by atoms with Crippen molar-refractivity contribution >= 4 is 16.7 Å². The molecule has 12 heavy (non-hydrogen) atoms. The molecular formula is C8H11N3S. The first-order chi connectivity index (χ1) is 5.70. The van der Waals surface area contributed by atoms with Crippen molar-refractivity contribution in [2.45, 2.75) is 25.8 Å². The fraction of sp³-hybridized carbons (Fsp3) is 0.500. The van der Waals surface area contributed by atoms with E-state index in [-0.39, 0.29) is 5.54 Å². The Morgan fingerprint density at radius 3 is 3.00 bits per heavy atom. The van der Waals surface area contributed by atoms with Crippen LogP contribution in [-0.2, 0) is 0 Å². The molecule has 0 radical (unpaired) electrons. The van der Waals surface area contributed by atoms with Crippen LogP contribution in [0.5, 0.6) is 0 Å². The van der Waals surface area contributed by atoms with Gasteiger partial charge in [-0.15, -0.1) is 6.42 Å². The third-order valence-corrected chi connectivity index (χ3v) is 2.35. The van der Waals surface area contributed by atoms with E-state index in [1.54, 1.807) is 0 Å². The first-order valence-electron chi connectivity index (χ1n) is 3.73. The van der Waals surface area contributed by atoms with E-state index < -0.39 is 0 Å². The van der Waals surface area contributed by atoms with Crippen molar-refractivity contribution in [3.63, 3.8) is 0 Å². The largest absolute Gasteiger partial charge is 0.344 e. The molecule has 1 aromatic rings. The van der Waals surface area contributed by atoms with Crippen molar-refractivity contribution in [3.8, 4) is 12.3 Å². The molecule has 4 heteroatoms. The highest BCUT2D eigenvalue weighted by atomic mass is 32.1. The van der Waals surface area contributed by atoms with Crippen LogP contribution in [0.25, 0.3) is 0 Å². The minimum Gasteiger partial charge on any atom is -0.344 e. The second kappa shape index (κ2) is 3.55. The Labute approximate surface area is 76.4 Å². The average Bonchev–Trinajstić information content (AvgIpc) is 2.57. The molecule has 3 nitrogen and oxygen atoms in total. The maximum Gasteiger partial charge on any atom is 0.203 e. The van der Waals surface area contributed by atoms with Gasteiger partial charge in [0.1, 0.15) is 6.33 Å². The van der Waals surface area contributed by atoms with Crippen LogP contribution in [0.15, 0.2) is 6.33 Å². The smallest absolute Gasteiger partial charge is 0.203 e. The van der Waals surface area contributed by atoms with E-state index in [4.69, 9.17) is 6.42 Å². The van der Waals surface area contributed by atoms with Gasteiger partial charge in [0.25, 0.3) is 0 Å². The quantitative estimate of drug-likeness (QED) is 0.722. The average molecular weight is 181 g/mol. The van der Waals surface area contributed by atoms with Crippen molar-refractivity contribution in [2.75, 3.05) is 5.32 Å². The maximum atomic E-state index is 5.38. The molecule has 0 saturated carbocycles. The molecule has 1 heterocycles. The summed E-state index contributed by atoms with van der Waals surface area (Å²) in [6.45, 7) is 4.00. The molecule has 0 amide bonds. The summed E-state index contributed by atoms with van der Waals surface area (Å²) in [6, 6.07) is 0. The van der Waals surface area contributed by atoms with E-state index in [9.17, 15) is 0 Å². The Kier molecular flexibility index (Phi) is 2.66. The highest BCUT2D eigenvalue weighted by Gasteiger charge is 2.18. The van der Waals surface area contributed by atoms with Crippen LogP contribution in [0.2, 0.25) is 0 Å². The lowest BCUT2D eigenvalue weighted by Crippen LogP contribution is -2.31. The summed E-state index contributed by atoms with van der Waals surface area (Å²) >= 11 is 1.31. The predicted octanol–water partition coefficient (Wildman–Crippen LogP) is 1.75. The van der Waals surface area contributed by atoms with Crippen LogP contribution in [0.3, 0.4) is 0 Å². The van der Waals surface area contributed by atoms with Gasteiger partial charge < -0.3 is 5.32 Å². The third kappa shape index (κ3) is 1.95. The lowest BCUT2D eigenvalue weighted by Gasteiger charge is -2.22. The molecule has 0 aliphatic rings. The molecule has 1 rings (SSSR count). The van der Waals surface area contributed by atoms with Crippen molar-refractivity contribution in [3.05, 3.63) is 6.33 Å². The minimum absolute atomic E-state index is 0.306. The zero-order valence-corrected chi connectivity index (χ0v) is 7.98.